The zero-order valence-electron chi connectivity index (χ0n) is 13.0. The number of amides is 2. The molecule has 0 bridgehead atoms. The van der Waals surface area contributed by atoms with E-state index in [0.717, 1.165) is 0 Å². The minimum Gasteiger partial charge on any atom is -0.495 e. The van der Waals surface area contributed by atoms with Gasteiger partial charge in [0.1, 0.15) is 5.75 Å². The number of ether oxygens (including phenoxy) is 1. The molecule has 2 amide bonds. The molecule has 0 radical (unpaired) electrons. The van der Waals surface area contributed by atoms with E-state index in [0.29, 0.717) is 23.0 Å². The van der Waals surface area contributed by atoms with Crippen molar-refractivity contribution in [2.45, 2.75) is 33.2 Å². The van der Waals surface area contributed by atoms with Gasteiger partial charge >= 0.3 is 11.8 Å². The van der Waals surface area contributed by atoms with Gasteiger partial charge in [0.15, 0.2) is 0 Å². The van der Waals surface area contributed by atoms with Crippen LogP contribution in [0.3, 0.4) is 0 Å². The second kappa shape index (κ2) is 6.80. The molecule has 0 unspecified atom stereocenters. The Balaban J connectivity index is 2.86. The lowest BCUT2D eigenvalue weighted by molar-refractivity contribution is -0.146. The van der Waals surface area contributed by atoms with E-state index >= 15 is 0 Å². The predicted octanol–water partition coefficient (Wildman–Crippen LogP) is 2.93. The summed E-state index contributed by atoms with van der Waals surface area (Å²) in [5.74, 6) is -0.754. The van der Waals surface area contributed by atoms with Gasteiger partial charge in [-0.25, -0.2) is 0 Å². The number of methoxy groups -OCH3 is 1. The number of nitrogens with zero attached hydrogens (tertiary/aromatic N) is 1. The summed E-state index contributed by atoms with van der Waals surface area (Å²) in [4.78, 5) is 25.7. The maximum atomic E-state index is 12.2. The number of nitrogens with one attached hydrogen (secondary N) is 1. The highest BCUT2D eigenvalue weighted by atomic mass is 35.5. The topological polar surface area (TPSA) is 58.6 Å². The van der Waals surface area contributed by atoms with Crippen LogP contribution in [0, 0.1) is 0 Å². The smallest absolute Gasteiger partial charge is 0.313 e. The van der Waals surface area contributed by atoms with Crippen LogP contribution in [0.1, 0.15) is 27.7 Å². The van der Waals surface area contributed by atoms with E-state index in [1.54, 1.807) is 18.2 Å². The van der Waals surface area contributed by atoms with Crippen molar-refractivity contribution >= 4 is 29.1 Å². The van der Waals surface area contributed by atoms with Gasteiger partial charge in [-0.2, -0.15) is 0 Å². The van der Waals surface area contributed by atoms with E-state index < -0.39 is 17.4 Å². The first-order chi connectivity index (χ1) is 9.70. The van der Waals surface area contributed by atoms with Crippen molar-refractivity contribution in [3.63, 3.8) is 0 Å². The normalized spacial score (nSPS) is 11.0. The van der Waals surface area contributed by atoms with Gasteiger partial charge in [-0.3, -0.25) is 9.59 Å². The fraction of sp³-hybridized carbons (Fsp3) is 0.467. The molecule has 0 aliphatic rings. The molecule has 6 heteroatoms. The lowest BCUT2D eigenvalue weighted by Gasteiger charge is -2.34. The van der Waals surface area contributed by atoms with Crippen LogP contribution in [-0.2, 0) is 9.59 Å². The van der Waals surface area contributed by atoms with Gasteiger partial charge in [-0.15, -0.1) is 0 Å². The van der Waals surface area contributed by atoms with E-state index in [9.17, 15) is 9.59 Å². The Morgan fingerprint density at radius 3 is 2.38 bits per heavy atom. The Kier molecular flexibility index (Phi) is 5.61. The number of halogens is 1. The SMILES string of the molecule is CCN(C(=O)C(=O)Nc1ccc(OC)c(Cl)c1)C(C)(C)C. The summed E-state index contributed by atoms with van der Waals surface area (Å²) in [6, 6.07) is 4.80. The second-order valence-electron chi connectivity index (χ2n) is 5.52. The van der Waals surface area contributed by atoms with Crippen LogP contribution in [-0.4, -0.2) is 35.9 Å². The number of likely N-dealkylation sites (N-methyl/N-ethyl adjacent to an activating group) is 1. The fourth-order valence-electron chi connectivity index (χ4n) is 1.97. The van der Waals surface area contributed by atoms with Crippen molar-refractivity contribution in [3.8, 4) is 5.75 Å². The first-order valence-corrected chi connectivity index (χ1v) is 7.05. The Bertz CT molecular complexity index is 538. The third-order valence-corrected chi connectivity index (χ3v) is 3.27. The molecular weight excluding hydrogens is 292 g/mol. The number of carbonyl (C=O) groups is 2. The molecule has 21 heavy (non-hydrogen) atoms. The van der Waals surface area contributed by atoms with Crippen LogP contribution < -0.4 is 10.1 Å². The minimum absolute atomic E-state index is 0.367. The average molecular weight is 313 g/mol. The highest BCUT2D eigenvalue weighted by Gasteiger charge is 2.29. The highest BCUT2D eigenvalue weighted by Crippen LogP contribution is 2.27. The Morgan fingerprint density at radius 1 is 1.33 bits per heavy atom. The number of hydrogen-bond acceptors (Lipinski definition) is 3. The summed E-state index contributed by atoms with van der Waals surface area (Å²) in [5, 5.41) is 2.92. The van der Waals surface area contributed by atoms with Crippen molar-refractivity contribution in [3.05, 3.63) is 23.2 Å². The molecule has 0 aliphatic heterocycles. The molecule has 1 rings (SSSR count). The van der Waals surface area contributed by atoms with Crippen LogP contribution >= 0.6 is 11.6 Å². The molecule has 0 saturated heterocycles. The first kappa shape index (κ1) is 17.3. The summed E-state index contributed by atoms with van der Waals surface area (Å²) >= 11 is 5.98. The molecule has 1 N–H and O–H groups in total. The van der Waals surface area contributed by atoms with E-state index in [-0.39, 0.29) is 0 Å². The van der Waals surface area contributed by atoms with Crippen LogP contribution in [0.15, 0.2) is 18.2 Å². The number of carbonyl (C=O) groups excluding carboxylic acids is 2. The highest BCUT2D eigenvalue weighted by molar-refractivity contribution is 6.40. The standard InChI is InChI=1S/C15H21ClN2O3/c1-6-18(15(2,3)4)14(20)13(19)17-10-7-8-12(21-5)11(16)9-10/h7-9H,6H2,1-5H3,(H,17,19). The number of rotatable bonds is 3. The molecule has 0 aromatic heterocycles. The van der Waals surface area contributed by atoms with Crippen molar-refractivity contribution in [2.24, 2.45) is 0 Å². The van der Waals surface area contributed by atoms with Gasteiger partial charge in [-0.1, -0.05) is 11.6 Å². The lowest BCUT2D eigenvalue weighted by Crippen LogP contribution is -2.49. The Labute approximate surface area is 130 Å². The largest absolute Gasteiger partial charge is 0.495 e. The summed E-state index contributed by atoms with van der Waals surface area (Å²) in [6.45, 7) is 7.93. The number of anilines is 1. The van der Waals surface area contributed by atoms with E-state index in [2.05, 4.69) is 5.32 Å². The molecule has 0 heterocycles. The van der Waals surface area contributed by atoms with Gasteiger partial charge < -0.3 is 15.0 Å². The van der Waals surface area contributed by atoms with Crippen molar-refractivity contribution in [1.82, 2.24) is 4.90 Å². The molecule has 0 saturated carbocycles. The summed E-state index contributed by atoms with van der Waals surface area (Å²) in [7, 11) is 1.51. The van der Waals surface area contributed by atoms with Gasteiger partial charge in [0.25, 0.3) is 0 Å². The fourth-order valence-corrected chi connectivity index (χ4v) is 2.23. The zero-order valence-corrected chi connectivity index (χ0v) is 13.7. The predicted molar refractivity (Wildman–Crippen MR) is 83.8 cm³/mol. The molecule has 116 valence electrons. The van der Waals surface area contributed by atoms with Gasteiger partial charge in [-0.05, 0) is 45.9 Å². The molecule has 0 atom stereocenters. The zero-order chi connectivity index (χ0) is 16.2. The van der Waals surface area contributed by atoms with Gasteiger partial charge in [0, 0.05) is 17.8 Å². The maximum absolute atomic E-state index is 12.2. The molecule has 0 aliphatic carbocycles. The van der Waals surface area contributed by atoms with E-state index in [1.165, 1.54) is 12.0 Å². The van der Waals surface area contributed by atoms with E-state index in [1.807, 2.05) is 27.7 Å². The molecule has 0 spiro atoms. The Morgan fingerprint density at radius 2 is 1.95 bits per heavy atom. The van der Waals surface area contributed by atoms with Gasteiger partial charge in [0.05, 0.1) is 12.1 Å². The lowest BCUT2D eigenvalue weighted by atomic mass is 10.1. The van der Waals surface area contributed by atoms with E-state index in [4.69, 9.17) is 16.3 Å². The molecule has 1 aromatic rings. The van der Waals surface area contributed by atoms with Crippen LogP contribution in [0.25, 0.3) is 0 Å². The summed E-state index contributed by atoms with van der Waals surface area (Å²) in [6.07, 6.45) is 0. The summed E-state index contributed by atoms with van der Waals surface area (Å²) in [5.41, 5.74) is 0.0323. The summed E-state index contributed by atoms with van der Waals surface area (Å²) < 4.78 is 5.03. The third-order valence-electron chi connectivity index (χ3n) is 2.98. The molecule has 5 nitrogen and oxygen atoms in total. The maximum Gasteiger partial charge on any atom is 0.313 e. The van der Waals surface area contributed by atoms with Crippen LogP contribution in [0.2, 0.25) is 5.02 Å². The molecular formula is C15H21ClN2O3. The molecule has 0 fully saturated rings. The molecule has 1 aromatic carbocycles. The monoisotopic (exact) mass is 312 g/mol. The van der Waals surface area contributed by atoms with Crippen molar-refractivity contribution < 1.29 is 14.3 Å². The van der Waals surface area contributed by atoms with Crippen molar-refractivity contribution in [1.29, 1.82) is 0 Å². The minimum atomic E-state index is -0.687. The first-order valence-electron chi connectivity index (χ1n) is 6.67. The van der Waals surface area contributed by atoms with Crippen LogP contribution in [0.5, 0.6) is 5.75 Å². The Hall–Kier alpha value is -1.75. The number of hydrogen-bond donors (Lipinski definition) is 1. The quantitative estimate of drug-likeness (QED) is 0.873. The van der Waals surface area contributed by atoms with Crippen LogP contribution in [0.4, 0.5) is 5.69 Å². The number of benzene rings is 1. The average Bonchev–Trinajstić information content (AvgIpc) is 2.37. The van der Waals surface area contributed by atoms with Crippen molar-refractivity contribution in [2.75, 3.05) is 19.0 Å². The van der Waals surface area contributed by atoms with Gasteiger partial charge in [0.2, 0.25) is 0 Å². The second-order valence-corrected chi connectivity index (χ2v) is 5.93. The third kappa shape index (κ3) is 4.36.